The van der Waals surface area contributed by atoms with Crippen molar-refractivity contribution in [3.63, 3.8) is 0 Å². The Kier molecular flexibility index (Phi) is 5.11. The van der Waals surface area contributed by atoms with Crippen LogP contribution in [0.1, 0.15) is 9.67 Å². The zero-order valence-electron chi connectivity index (χ0n) is 13.2. The summed E-state index contributed by atoms with van der Waals surface area (Å²) in [6.45, 7) is 0. The summed E-state index contributed by atoms with van der Waals surface area (Å²) in [7, 11) is 1.27. The van der Waals surface area contributed by atoms with Gasteiger partial charge in [-0.15, -0.1) is 0 Å². The van der Waals surface area contributed by atoms with Gasteiger partial charge in [-0.25, -0.2) is 9.79 Å². The summed E-state index contributed by atoms with van der Waals surface area (Å²) in [6, 6.07) is 17.3. The number of aromatic nitrogens is 1. The van der Waals surface area contributed by atoms with Gasteiger partial charge in [-0.3, -0.25) is 9.36 Å². The molecule has 0 atom stereocenters. The summed E-state index contributed by atoms with van der Waals surface area (Å²) in [6.07, 6.45) is 0. The van der Waals surface area contributed by atoms with Crippen LogP contribution in [0.2, 0.25) is 5.02 Å². The fourth-order valence-electron chi connectivity index (χ4n) is 2.18. The van der Waals surface area contributed by atoms with Crippen LogP contribution in [0.4, 0.5) is 5.69 Å². The van der Waals surface area contributed by atoms with Crippen LogP contribution in [0.25, 0.3) is 5.69 Å². The minimum atomic E-state index is -0.585. The van der Waals surface area contributed by atoms with Crippen molar-refractivity contribution in [2.24, 2.45) is 4.99 Å². The SMILES string of the molecule is COC(=O)c1cc(=O)n(-c2ccccc2)c(=Nc2ccccc2Cl)s1. The number of benzene rings is 2. The summed E-state index contributed by atoms with van der Waals surface area (Å²) >= 11 is 7.23. The molecule has 3 aromatic rings. The van der Waals surface area contributed by atoms with Gasteiger partial charge in [-0.1, -0.05) is 53.3 Å². The van der Waals surface area contributed by atoms with Crippen LogP contribution in [0.15, 0.2) is 70.5 Å². The molecule has 0 spiro atoms. The lowest BCUT2D eigenvalue weighted by Gasteiger charge is -2.07. The molecule has 0 bridgehead atoms. The van der Waals surface area contributed by atoms with E-state index in [0.717, 1.165) is 11.3 Å². The number of para-hydroxylation sites is 2. The largest absolute Gasteiger partial charge is 0.465 e. The van der Waals surface area contributed by atoms with E-state index in [1.807, 2.05) is 18.2 Å². The normalized spacial score (nSPS) is 11.4. The van der Waals surface area contributed by atoms with E-state index in [9.17, 15) is 9.59 Å². The van der Waals surface area contributed by atoms with E-state index in [-0.39, 0.29) is 10.4 Å². The van der Waals surface area contributed by atoms with Crippen LogP contribution in [-0.4, -0.2) is 17.6 Å². The second-order valence-electron chi connectivity index (χ2n) is 4.96. The summed E-state index contributed by atoms with van der Waals surface area (Å²) in [5, 5.41) is 0.449. The Bertz CT molecular complexity index is 1040. The van der Waals surface area contributed by atoms with Gasteiger partial charge in [-0.05, 0) is 24.3 Å². The van der Waals surface area contributed by atoms with Gasteiger partial charge in [0.05, 0.1) is 23.5 Å². The summed E-state index contributed by atoms with van der Waals surface area (Å²) in [5.74, 6) is -0.585. The van der Waals surface area contributed by atoms with Gasteiger partial charge >= 0.3 is 5.97 Å². The first-order valence-corrected chi connectivity index (χ1v) is 8.50. The Morgan fingerprint density at radius 2 is 1.80 bits per heavy atom. The van der Waals surface area contributed by atoms with Crippen molar-refractivity contribution >= 4 is 34.6 Å². The molecule has 5 nitrogen and oxygen atoms in total. The molecule has 7 heteroatoms. The predicted octanol–water partition coefficient (Wildman–Crippen LogP) is 3.57. The number of halogens is 1. The molecule has 0 N–H and O–H groups in total. The number of carbonyl (C=O) groups is 1. The van der Waals surface area contributed by atoms with Crippen molar-refractivity contribution < 1.29 is 9.53 Å². The van der Waals surface area contributed by atoms with Crippen LogP contribution in [0.3, 0.4) is 0 Å². The predicted molar refractivity (Wildman–Crippen MR) is 97.9 cm³/mol. The zero-order valence-corrected chi connectivity index (χ0v) is 14.8. The molecule has 2 aromatic carbocycles. The van der Waals surface area contributed by atoms with E-state index >= 15 is 0 Å². The van der Waals surface area contributed by atoms with Crippen molar-refractivity contribution in [2.75, 3.05) is 7.11 Å². The van der Waals surface area contributed by atoms with Crippen molar-refractivity contribution in [3.8, 4) is 5.69 Å². The van der Waals surface area contributed by atoms with Gasteiger partial charge in [0.2, 0.25) is 0 Å². The Labute approximate surface area is 152 Å². The smallest absolute Gasteiger partial charge is 0.348 e. The minimum Gasteiger partial charge on any atom is -0.465 e. The van der Waals surface area contributed by atoms with E-state index in [1.54, 1.807) is 36.4 Å². The lowest BCUT2D eigenvalue weighted by atomic mass is 10.3. The van der Waals surface area contributed by atoms with E-state index in [1.165, 1.54) is 17.7 Å². The third-order valence-electron chi connectivity index (χ3n) is 3.34. The molecule has 0 saturated carbocycles. The van der Waals surface area contributed by atoms with E-state index in [4.69, 9.17) is 16.3 Å². The number of carbonyl (C=O) groups excluding carboxylic acids is 1. The maximum Gasteiger partial charge on any atom is 0.348 e. The maximum absolute atomic E-state index is 12.6. The van der Waals surface area contributed by atoms with Crippen molar-refractivity contribution in [2.45, 2.75) is 0 Å². The van der Waals surface area contributed by atoms with Gasteiger partial charge in [-0.2, -0.15) is 0 Å². The molecule has 1 heterocycles. The van der Waals surface area contributed by atoms with Gasteiger partial charge in [0.1, 0.15) is 4.88 Å². The molecule has 1 aromatic heterocycles. The zero-order chi connectivity index (χ0) is 17.8. The summed E-state index contributed by atoms with van der Waals surface area (Å²) < 4.78 is 6.15. The first kappa shape index (κ1) is 17.1. The lowest BCUT2D eigenvalue weighted by Crippen LogP contribution is -2.31. The van der Waals surface area contributed by atoms with Gasteiger partial charge in [0.15, 0.2) is 4.80 Å². The van der Waals surface area contributed by atoms with Crippen LogP contribution in [0, 0.1) is 0 Å². The molecular weight excluding hydrogens is 360 g/mol. The fourth-order valence-corrected chi connectivity index (χ4v) is 3.31. The lowest BCUT2D eigenvalue weighted by molar-refractivity contribution is 0.0606. The molecule has 0 saturated heterocycles. The first-order valence-electron chi connectivity index (χ1n) is 7.30. The Balaban J connectivity index is 2.34. The maximum atomic E-state index is 12.6. The van der Waals surface area contributed by atoms with Crippen molar-refractivity contribution in [1.82, 2.24) is 4.57 Å². The van der Waals surface area contributed by atoms with Gasteiger partial charge < -0.3 is 4.74 Å². The van der Waals surface area contributed by atoms with Gasteiger partial charge in [0, 0.05) is 6.07 Å². The first-order chi connectivity index (χ1) is 12.1. The number of methoxy groups -OCH3 is 1. The molecular formula is C18H13ClN2O3S. The van der Waals surface area contributed by atoms with Crippen LogP contribution >= 0.6 is 22.9 Å². The van der Waals surface area contributed by atoms with E-state index < -0.39 is 5.97 Å². The Morgan fingerprint density at radius 3 is 2.48 bits per heavy atom. The van der Waals surface area contributed by atoms with Gasteiger partial charge in [0.25, 0.3) is 5.56 Å². The second-order valence-corrected chi connectivity index (χ2v) is 6.37. The Hall–Kier alpha value is -2.70. The summed E-state index contributed by atoms with van der Waals surface area (Å²) in [5.41, 5.74) is 0.772. The highest BCUT2D eigenvalue weighted by Gasteiger charge is 2.13. The molecule has 0 aliphatic heterocycles. The number of ether oxygens (including phenoxy) is 1. The highest BCUT2D eigenvalue weighted by molar-refractivity contribution is 7.11. The molecule has 0 aliphatic rings. The number of hydrogen-bond acceptors (Lipinski definition) is 5. The number of hydrogen-bond donors (Lipinski definition) is 0. The Morgan fingerprint density at radius 1 is 1.12 bits per heavy atom. The average Bonchev–Trinajstić information content (AvgIpc) is 2.63. The average molecular weight is 373 g/mol. The highest BCUT2D eigenvalue weighted by atomic mass is 35.5. The van der Waals surface area contributed by atoms with Crippen molar-refractivity contribution in [3.05, 3.63) is 85.7 Å². The standard InChI is InChI=1S/C18H13ClN2O3S/c1-24-17(23)15-11-16(22)21(12-7-3-2-4-8-12)18(25-15)20-14-10-6-5-9-13(14)19/h2-11H,1H3. The molecule has 126 valence electrons. The van der Waals surface area contributed by atoms with Crippen LogP contribution in [-0.2, 0) is 4.74 Å². The molecule has 0 unspecified atom stereocenters. The topological polar surface area (TPSA) is 60.7 Å². The molecule has 0 radical (unpaired) electrons. The molecule has 25 heavy (non-hydrogen) atoms. The number of esters is 1. The quantitative estimate of drug-likeness (QED) is 0.660. The molecule has 0 aliphatic carbocycles. The molecule has 3 rings (SSSR count). The monoisotopic (exact) mass is 372 g/mol. The summed E-state index contributed by atoms with van der Waals surface area (Å²) in [4.78, 5) is 29.5. The second kappa shape index (κ2) is 7.46. The van der Waals surface area contributed by atoms with E-state index in [0.29, 0.717) is 21.2 Å². The third kappa shape index (κ3) is 3.70. The van der Waals surface area contributed by atoms with Crippen molar-refractivity contribution in [1.29, 1.82) is 0 Å². The minimum absolute atomic E-state index is 0.172. The number of nitrogens with zero attached hydrogens (tertiary/aromatic N) is 2. The fraction of sp³-hybridized carbons (Fsp3) is 0.0556. The third-order valence-corrected chi connectivity index (χ3v) is 4.62. The van der Waals surface area contributed by atoms with Crippen LogP contribution in [0.5, 0.6) is 0 Å². The van der Waals surface area contributed by atoms with E-state index in [2.05, 4.69) is 4.99 Å². The van der Waals surface area contributed by atoms with Crippen LogP contribution < -0.4 is 10.4 Å². The molecule has 0 amide bonds. The molecule has 0 fully saturated rings. The number of rotatable bonds is 3. The highest BCUT2D eigenvalue weighted by Crippen LogP contribution is 2.23.